The second kappa shape index (κ2) is 4.49. The van der Waals surface area contributed by atoms with Gasteiger partial charge >= 0.3 is 0 Å². The topological polar surface area (TPSA) is 50.9 Å². The van der Waals surface area contributed by atoms with E-state index in [2.05, 4.69) is 24.1 Å². The molecule has 1 aliphatic rings. The Hall–Kier alpha value is -0.610. The zero-order valence-corrected chi connectivity index (χ0v) is 10.2. The van der Waals surface area contributed by atoms with Gasteiger partial charge in [-0.2, -0.15) is 0 Å². The van der Waals surface area contributed by atoms with Gasteiger partial charge in [0.15, 0.2) is 5.13 Å². The van der Waals surface area contributed by atoms with E-state index < -0.39 is 0 Å². The van der Waals surface area contributed by atoms with Crippen molar-refractivity contribution in [2.45, 2.75) is 39.2 Å². The van der Waals surface area contributed by atoms with Crippen molar-refractivity contribution in [3.8, 4) is 0 Å². The molecular formula is C11H19N3S. The first-order valence-electron chi connectivity index (χ1n) is 5.60. The molecule has 4 heteroatoms. The summed E-state index contributed by atoms with van der Waals surface area (Å²) in [6, 6.07) is 0.389. The van der Waals surface area contributed by atoms with Gasteiger partial charge < -0.3 is 11.1 Å². The number of rotatable bonds is 3. The number of aromatic nitrogens is 1. The summed E-state index contributed by atoms with van der Waals surface area (Å²) in [5, 5.41) is 4.45. The van der Waals surface area contributed by atoms with E-state index in [1.807, 2.05) is 0 Å². The molecule has 0 aliphatic heterocycles. The third-order valence-corrected chi connectivity index (χ3v) is 4.29. The highest BCUT2D eigenvalue weighted by Gasteiger charge is 2.23. The Balaban J connectivity index is 1.87. The summed E-state index contributed by atoms with van der Waals surface area (Å²) in [7, 11) is 0. The van der Waals surface area contributed by atoms with E-state index >= 15 is 0 Å². The molecule has 0 saturated heterocycles. The van der Waals surface area contributed by atoms with Crippen LogP contribution in [0.25, 0.3) is 0 Å². The molecule has 0 bridgehead atoms. The molecule has 15 heavy (non-hydrogen) atoms. The van der Waals surface area contributed by atoms with Crippen molar-refractivity contribution in [2.75, 3.05) is 11.9 Å². The van der Waals surface area contributed by atoms with Gasteiger partial charge in [-0.05, 0) is 32.6 Å². The average molecular weight is 225 g/mol. The summed E-state index contributed by atoms with van der Waals surface area (Å²) in [5.74, 6) is 0.634. The van der Waals surface area contributed by atoms with E-state index in [-0.39, 0.29) is 0 Å². The number of nitrogens with zero attached hydrogens (tertiary/aromatic N) is 1. The molecule has 1 aromatic rings. The quantitative estimate of drug-likeness (QED) is 0.830. The van der Waals surface area contributed by atoms with Crippen molar-refractivity contribution < 1.29 is 0 Å². The van der Waals surface area contributed by atoms with Crippen LogP contribution in [0.2, 0.25) is 0 Å². The lowest BCUT2D eigenvalue weighted by molar-refractivity contribution is 0.505. The monoisotopic (exact) mass is 225 g/mol. The fourth-order valence-corrected chi connectivity index (χ4v) is 2.91. The molecule has 0 aromatic carbocycles. The van der Waals surface area contributed by atoms with Gasteiger partial charge in [0.25, 0.3) is 0 Å². The minimum Gasteiger partial charge on any atom is -0.361 e. The highest BCUT2D eigenvalue weighted by Crippen LogP contribution is 2.26. The molecule has 3 N–H and O–H groups in total. The van der Waals surface area contributed by atoms with E-state index in [0.29, 0.717) is 12.0 Å². The van der Waals surface area contributed by atoms with E-state index in [4.69, 9.17) is 5.73 Å². The third kappa shape index (κ3) is 2.49. The number of hydrogen-bond acceptors (Lipinski definition) is 4. The fraction of sp³-hybridized carbons (Fsp3) is 0.727. The normalized spacial score (nSPS) is 25.8. The molecule has 1 heterocycles. The van der Waals surface area contributed by atoms with Crippen LogP contribution in [0.5, 0.6) is 0 Å². The summed E-state index contributed by atoms with van der Waals surface area (Å²) in [6.45, 7) is 5.14. The maximum absolute atomic E-state index is 6.02. The molecule has 2 atom stereocenters. The standard InChI is InChI=1S/C11H19N3S/c1-7-8(2)15-11(14-7)13-6-9-4-3-5-10(9)12/h9-10H,3-6,12H2,1-2H3,(H,13,14). The molecule has 1 saturated carbocycles. The van der Waals surface area contributed by atoms with Crippen molar-refractivity contribution in [1.82, 2.24) is 4.98 Å². The van der Waals surface area contributed by atoms with E-state index in [1.54, 1.807) is 11.3 Å². The van der Waals surface area contributed by atoms with Crippen LogP contribution in [0.4, 0.5) is 5.13 Å². The molecule has 1 fully saturated rings. The van der Waals surface area contributed by atoms with Gasteiger partial charge in [-0.1, -0.05) is 6.42 Å². The Kier molecular flexibility index (Phi) is 3.26. The molecule has 3 nitrogen and oxygen atoms in total. The Morgan fingerprint density at radius 1 is 1.47 bits per heavy atom. The lowest BCUT2D eigenvalue weighted by Crippen LogP contribution is -2.29. The zero-order valence-electron chi connectivity index (χ0n) is 9.42. The smallest absolute Gasteiger partial charge is 0.183 e. The van der Waals surface area contributed by atoms with Crippen LogP contribution in [0.3, 0.4) is 0 Å². The van der Waals surface area contributed by atoms with Crippen molar-refractivity contribution in [3.63, 3.8) is 0 Å². The van der Waals surface area contributed by atoms with Gasteiger partial charge in [0.1, 0.15) is 0 Å². The van der Waals surface area contributed by atoms with Crippen LogP contribution in [-0.4, -0.2) is 17.6 Å². The van der Waals surface area contributed by atoms with Crippen LogP contribution in [0.15, 0.2) is 0 Å². The van der Waals surface area contributed by atoms with Crippen molar-refractivity contribution in [3.05, 3.63) is 10.6 Å². The van der Waals surface area contributed by atoms with Gasteiger partial charge in [-0.3, -0.25) is 0 Å². The molecule has 0 radical (unpaired) electrons. The van der Waals surface area contributed by atoms with Crippen LogP contribution < -0.4 is 11.1 Å². The first kappa shape index (κ1) is 10.9. The molecule has 0 amide bonds. The summed E-state index contributed by atoms with van der Waals surface area (Å²) in [6.07, 6.45) is 3.73. The van der Waals surface area contributed by atoms with Crippen LogP contribution in [-0.2, 0) is 0 Å². The molecule has 1 aliphatic carbocycles. The third-order valence-electron chi connectivity index (χ3n) is 3.26. The number of anilines is 1. The van der Waals surface area contributed by atoms with E-state index in [0.717, 1.165) is 17.4 Å². The van der Waals surface area contributed by atoms with Gasteiger partial charge in [0, 0.05) is 17.5 Å². The lowest BCUT2D eigenvalue weighted by Gasteiger charge is -2.15. The van der Waals surface area contributed by atoms with Crippen molar-refractivity contribution >= 4 is 16.5 Å². The van der Waals surface area contributed by atoms with Gasteiger partial charge in [0.2, 0.25) is 0 Å². The Labute approximate surface area is 95.1 Å². The highest BCUT2D eigenvalue weighted by molar-refractivity contribution is 7.15. The minimum absolute atomic E-state index is 0.389. The van der Waals surface area contributed by atoms with Gasteiger partial charge in [-0.15, -0.1) is 11.3 Å². The maximum atomic E-state index is 6.02. The number of hydrogen-bond donors (Lipinski definition) is 2. The minimum atomic E-state index is 0.389. The average Bonchev–Trinajstić information content (AvgIpc) is 2.72. The second-order valence-corrected chi connectivity index (χ2v) is 5.60. The Morgan fingerprint density at radius 2 is 2.27 bits per heavy atom. The summed E-state index contributed by atoms with van der Waals surface area (Å²) < 4.78 is 0. The zero-order chi connectivity index (χ0) is 10.8. The van der Waals surface area contributed by atoms with E-state index in [1.165, 1.54) is 24.1 Å². The van der Waals surface area contributed by atoms with Crippen LogP contribution >= 0.6 is 11.3 Å². The highest BCUT2D eigenvalue weighted by atomic mass is 32.1. The molecule has 0 spiro atoms. The predicted octanol–water partition coefficient (Wildman–Crippen LogP) is 2.30. The Morgan fingerprint density at radius 3 is 2.80 bits per heavy atom. The van der Waals surface area contributed by atoms with Gasteiger partial charge in [-0.25, -0.2) is 4.98 Å². The molecule has 1 aromatic heterocycles. The predicted molar refractivity (Wildman–Crippen MR) is 65.4 cm³/mol. The van der Waals surface area contributed by atoms with Crippen molar-refractivity contribution in [1.29, 1.82) is 0 Å². The van der Waals surface area contributed by atoms with Crippen LogP contribution in [0, 0.1) is 19.8 Å². The first-order chi connectivity index (χ1) is 7.16. The number of thiazole rings is 1. The molecule has 2 rings (SSSR count). The van der Waals surface area contributed by atoms with Crippen molar-refractivity contribution in [2.24, 2.45) is 11.7 Å². The molecule has 2 unspecified atom stereocenters. The number of nitrogens with two attached hydrogens (primary N) is 1. The van der Waals surface area contributed by atoms with E-state index in [9.17, 15) is 0 Å². The maximum Gasteiger partial charge on any atom is 0.183 e. The summed E-state index contributed by atoms with van der Waals surface area (Å²) in [4.78, 5) is 5.76. The lowest BCUT2D eigenvalue weighted by atomic mass is 10.1. The van der Waals surface area contributed by atoms with Gasteiger partial charge in [0.05, 0.1) is 5.69 Å². The second-order valence-electron chi connectivity index (χ2n) is 4.40. The fourth-order valence-electron chi connectivity index (χ4n) is 2.09. The summed E-state index contributed by atoms with van der Waals surface area (Å²) in [5.41, 5.74) is 7.16. The first-order valence-corrected chi connectivity index (χ1v) is 6.42. The van der Waals surface area contributed by atoms with Crippen LogP contribution in [0.1, 0.15) is 29.8 Å². The SMILES string of the molecule is Cc1nc(NCC2CCCC2N)sc1C. The number of aryl methyl sites for hydroxylation is 2. The summed E-state index contributed by atoms with van der Waals surface area (Å²) >= 11 is 1.74. The molecular weight excluding hydrogens is 206 g/mol. The Bertz CT molecular complexity index is 315. The number of nitrogens with one attached hydrogen (secondary N) is 1. The molecule has 84 valence electrons. The largest absolute Gasteiger partial charge is 0.361 e.